The Bertz CT molecular complexity index is 1770. The maximum Gasteiger partial charge on any atom is 0.416 e. The summed E-state index contributed by atoms with van der Waals surface area (Å²) < 4.78 is 53.9. The zero-order valence-electron chi connectivity index (χ0n) is 20.7. The molecule has 1 atom stereocenters. The highest BCUT2D eigenvalue weighted by atomic mass is 32.2. The van der Waals surface area contributed by atoms with E-state index in [2.05, 4.69) is 30.4 Å². The molecule has 0 saturated heterocycles. The van der Waals surface area contributed by atoms with Crippen molar-refractivity contribution < 1.29 is 22.6 Å². The summed E-state index contributed by atoms with van der Waals surface area (Å²) in [5.74, 6) is 2.01. The molecule has 192 valence electrons. The van der Waals surface area contributed by atoms with Gasteiger partial charge < -0.3 is 9.47 Å². The average Bonchev–Trinajstić information content (AvgIpc) is 3.29. The van der Waals surface area contributed by atoms with Crippen molar-refractivity contribution in [2.24, 2.45) is 0 Å². The molecule has 8 rings (SSSR count). The van der Waals surface area contributed by atoms with E-state index >= 15 is 0 Å². The number of halogens is 3. The minimum atomic E-state index is -4.48. The predicted molar refractivity (Wildman–Crippen MR) is 148 cm³/mol. The molecule has 0 saturated carbocycles. The van der Waals surface area contributed by atoms with Crippen LogP contribution in [0.3, 0.4) is 0 Å². The molecule has 0 radical (unpaired) electrons. The Balaban J connectivity index is 1.34. The fraction of sp³-hybridized carbons (Fsp3) is 0.125. The number of fused-ring (bicyclic) bond motifs is 8. The highest BCUT2D eigenvalue weighted by Crippen LogP contribution is 2.66. The molecule has 0 amide bonds. The van der Waals surface area contributed by atoms with Crippen molar-refractivity contribution in [1.82, 2.24) is 0 Å². The molecule has 7 heteroatoms. The maximum atomic E-state index is 13.7. The number of benzene rings is 4. The van der Waals surface area contributed by atoms with E-state index in [1.165, 1.54) is 17.2 Å². The molecule has 4 aromatic rings. The van der Waals surface area contributed by atoms with E-state index in [9.17, 15) is 13.2 Å². The lowest BCUT2D eigenvalue weighted by molar-refractivity contribution is -0.137. The molecule has 0 aromatic heterocycles. The summed E-state index contributed by atoms with van der Waals surface area (Å²) in [6.45, 7) is 1.99. The summed E-state index contributed by atoms with van der Waals surface area (Å²) in [5.41, 5.74) is 6.83. The Morgan fingerprint density at radius 1 is 0.846 bits per heavy atom. The SMILES string of the molecule is Cc1ccc2c(c1)Oc1cc3c(c4c1N2c1ccc(C(F)(F)F)cc1O4)C1=CC=C(c2ccccc2)CC1S3. The van der Waals surface area contributed by atoms with Crippen molar-refractivity contribution >= 4 is 40.0 Å². The van der Waals surface area contributed by atoms with Crippen molar-refractivity contribution in [3.8, 4) is 23.0 Å². The molecule has 3 nitrogen and oxygen atoms in total. The van der Waals surface area contributed by atoms with Crippen LogP contribution < -0.4 is 14.4 Å². The minimum absolute atomic E-state index is 0.171. The third-order valence-electron chi connectivity index (χ3n) is 7.64. The van der Waals surface area contributed by atoms with Gasteiger partial charge in [0.1, 0.15) is 5.69 Å². The smallest absolute Gasteiger partial charge is 0.416 e. The van der Waals surface area contributed by atoms with Crippen molar-refractivity contribution in [3.63, 3.8) is 0 Å². The van der Waals surface area contributed by atoms with Crippen LogP contribution in [0.2, 0.25) is 0 Å². The van der Waals surface area contributed by atoms with E-state index in [-0.39, 0.29) is 11.0 Å². The largest absolute Gasteiger partial charge is 0.453 e. The van der Waals surface area contributed by atoms with E-state index in [1.807, 2.05) is 48.2 Å². The van der Waals surface area contributed by atoms with Crippen LogP contribution in [0.5, 0.6) is 23.0 Å². The zero-order chi connectivity index (χ0) is 26.5. The molecule has 1 unspecified atom stereocenters. The highest BCUT2D eigenvalue weighted by Gasteiger charge is 2.43. The van der Waals surface area contributed by atoms with Gasteiger partial charge in [-0.15, -0.1) is 11.8 Å². The van der Waals surface area contributed by atoms with Crippen LogP contribution >= 0.6 is 11.8 Å². The van der Waals surface area contributed by atoms with Gasteiger partial charge in [-0.1, -0.05) is 48.6 Å². The van der Waals surface area contributed by atoms with Gasteiger partial charge >= 0.3 is 6.18 Å². The highest BCUT2D eigenvalue weighted by molar-refractivity contribution is 8.01. The lowest BCUT2D eigenvalue weighted by Gasteiger charge is -2.39. The number of hydrogen-bond acceptors (Lipinski definition) is 4. The van der Waals surface area contributed by atoms with E-state index in [0.29, 0.717) is 22.9 Å². The third kappa shape index (κ3) is 3.39. The van der Waals surface area contributed by atoms with Gasteiger partial charge in [-0.3, -0.25) is 4.90 Å². The summed E-state index contributed by atoms with van der Waals surface area (Å²) in [6.07, 6.45) is 0.647. The Morgan fingerprint density at radius 2 is 1.62 bits per heavy atom. The molecular formula is C32H20F3NO2S. The second-order valence-electron chi connectivity index (χ2n) is 10.1. The van der Waals surface area contributed by atoms with Crippen LogP contribution in [0, 0.1) is 6.92 Å². The van der Waals surface area contributed by atoms with E-state index in [1.54, 1.807) is 11.8 Å². The molecule has 3 aliphatic heterocycles. The number of hydrogen-bond donors (Lipinski definition) is 0. The van der Waals surface area contributed by atoms with Gasteiger partial charge in [0.15, 0.2) is 23.0 Å². The van der Waals surface area contributed by atoms with Crippen LogP contribution in [-0.2, 0) is 6.18 Å². The molecule has 0 N–H and O–H groups in total. The van der Waals surface area contributed by atoms with Crippen LogP contribution in [-0.4, -0.2) is 5.25 Å². The van der Waals surface area contributed by atoms with Gasteiger partial charge in [0, 0.05) is 15.7 Å². The Kier molecular flexibility index (Phi) is 4.66. The summed E-state index contributed by atoms with van der Waals surface area (Å²) >= 11 is 1.75. The van der Waals surface area contributed by atoms with Crippen molar-refractivity contribution in [1.29, 1.82) is 0 Å². The number of rotatable bonds is 1. The van der Waals surface area contributed by atoms with Gasteiger partial charge in [-0.05, 0) is 72.0 Å². The molecule has 4 aliphatic rings. The quantitative estimate of drug-likeness (QED) is 0.207. The molecule has 0 bridgehead atoms. The van der Waals surface area contributed by atoms with Crippen molar-refractivity contribution in [2.45, 2.75) is 29.7 Å². The number of aryl methyl sites for hydroxylation is 1. The van der Waals surface area contributed by atoms with Crippen LogP contribution in [0.25, 0.3) is 11.1 Å². The summed E-state index contributed by atoms with van der Waals surface area (Å²) in [4.78, 5) is 2.99. The summed E-state index contributed by atoms with van der Waals surface area (Å²) in [7, 11) is 0. The number of thioether (sulfide) groups is 1. The lowest BCUT2D eigenvalue weighted by atomic mass is 9.88. The fourth-order valence-electron chi connectivity index (χ4n) is 5.85. The maximum absolute atomic E-state index is 13.7. The molecule has 0 fully saturated rings. The van der Waals surface area contributed by atoms with Gasteiger partial charge in [-0.2, -0.15) is 13.2 Å². The Labute approximate surface area is 227 Å². The van der Waals surface area contributed by atoms with Gasteiger partial charge in [0.25, 0.3) is 0 Å². The summed E-state index contributed by atoms with van der Waals surface area (Å²) in [5, 5.41) is 0.171. The second-order valence-corrected chi connectivity index (χ2v) is 11.4. The normalized spacial score (nSPS) is 17.9. The van der Waals surface area contributed by atoms with Crippen molar-refractivity contribution in [2.75, 3.05) is 4.90 Å². The lowest BCUT2D eigenvalue weighted by Crippen LogP contribution is -2.21. The van der Waals surface area contributed by atoms with Gasteiger partial charge in [0.2, 0.25) is 0 Å². The van der Waals surface area contributed by atoms with Gasteiger partial charge in [-0.25, -0.2) is 0 Å². The molecule has 4 aromatic carbocycles. The monoisotopic (exact) mass is 539 g/mol. The van der Waals surface area contributed by atoms with Crippen LogP contribution in [0.1, 0.15) is 28.7 Å². The van der Waals surface area contributed by atoms with Crippen LogP contribution in [0.15, 0.2) is 89.8 Å². The molecule has 3 heterocycles. The predicted octanol–water partition coefficient (Wildman–Crippen LogP) is 10.0. The number of anilines is 3. The average molecular weight is 540 g/mol. The Morgan fingerprint density at radius 3 is 2.41 bits per heavy atom. The van der Waals surface area contributed by atoms with E-state index in [0.717, 1.165) is 51.5 Å². The minimum Gasteiger partial charge on any atom is -0.453 e. The van der Waals surface area contributed by atoms with Gasteiger partial charge in [0.05, 0.1) is 16.9 Å². The number of nitrogens with zero attached hydrogens (tertiary/aromatic N) is 1. The molecule has 1 aliphatic carbocycles. The first-order chi connectivity index (χ1) is 18.8. The van der Waals surface area contributed by atoms with Crippen molar-refractivity contribution in [3.05, 3.63) is 107 Å². The first kappa shape index (κ1) is 22.8. The first-order valence-electron chi connectivity index (χ1n) is 12.7. The third-order valence-corrected chi connectivity index (χ3v) is 8.92. The standard InChI is InChI=1S/C32H20F3NO2S/c1-17-7-11-22-24(13-17)37-26-16-28-29(21-10-8-19(14-27(21)39-28)18-5-3-2-4-6-18)31-30(26)36(22)23-12-9-20(32(33,34)35)15-25(23)38-31/h2-13,15-16,27H,14H2,1H3. The fourth-order valence-corrected chi connectivity index (χ4v) is 7.24. The number of allylic oxidation sites excluding steroid dienone is 3. The Hall–Kier alpha value is -4.10. The van der Waals surface area contributed by atoms with E-state index in [4.69, 9.17) is 9.47 Å². The molecule has 39 heavy (non-hydrogen) atoms. The number of ether oxygens (including phenoxy) is 2. The topological polar surface area (TPSA) is 21.7 Å². The number of alkyl halides is 3. The zero-order valence-corrected chi connectivity index (χ0v) is 21.5. The summed E-state index contributed by atoms with van der Waals surface area (Å²) in [6, 6.07) is 21.9. The first-order valence-corrected chi connectivity index (χ1v) is 13.5. The van der Waals surface area contributed by atoms with Crippen LogP contribution in [0.4, 0.5) is 30.2 Å². The van der Waals surface area contributed by atoms with E-state index < -0.39 is 11.7 Å². The molecule has 0 spiro atoms. The molecular weight excluding hydrogens is 519 g/mol. The second kappa shape index (κ2) is 7.96.